The second-order valence-electron chi connectivity index (χ2n) is 4.78. The van der Waals surface area contributed by atoms with Crippen LogP contribution < -0.4 is 0 Å². The van der Waals surface area contributed by atoms with Gasteiger partial charge in [0, 0.05) is 5.56 Å². The average Bonchev–Trinajstić information content (AvgIpc) is 2.72. The molecule has 1 N–H and O–H groups in total. The molecule has 1 aromatic carbocycles. The molecule has 0 atom stereocenters. The number of aromatic hydroxyl groups is 1. The molecule has 3 nitrogen and oxygen atoms in total. The Hall–Kier alpha value is -1.77. The lowest BCUT2D eigenvalue weighted by atomic mass is 10.1. The highest BCUT2D eigenvalue weighted by atomic mass is 16.3. The molecule has 96 valence electrons. The third-order valence-electron chi connectivity index (χ3n) is 3.35. The largest absolute Gasteiger partial charge is 0.493 e. The highest BCUT2D eigenvalue weighted by Gasteiger charge is 2.10. The fraction of sp³-hybridized carbons (Fsp3) is 0.400. The van der Waals surface area contributed by atoms with E-state index in [9.17, 15) is 5.11 Å². The first-order valence-corrected chi connectivity index (χ1v) is 6.47. The Kier molecular flexibility index (Phi) is 3.70. The van der Waals surface area contributed by atoms with Crippen LogP contribution in [-0.4, -0.2) is 14.9 Å². The van der Waals surface area contributed by atoms with E-state index in [4.69, 9.17) is 0 Å². The Bertz CT molecular complexity index is 543. The van der Waals surface area contributed by atoms with Crippen molar-refractivity contribution >= 4 is 0 Å². The number of aryl methyl sites for hydroxylation is 3. The van der Waals surface area contributed by atoms with Gasteiger partial charge in [-0.25, -0.2) is 4.68 Å². The number of nitrogens with zero attached hydrogens (tertiary/aromatic N) is 2. The summed E-state index contributed by atoms with van der Waals surface area (Å²) in [5, 5.41) is 14.4. The van der Waals surface area contributed by atoms with Gasteiger partial charge in [-0.2, -0.15) is 5.10 Å². The number of rotatable bonds is 4. The van der Waals surface area contributed by atoms with Gasteiger partial charge >= 0.3 is 0 Å². The van der Waals surface area contributed by atoms with Crippen LogP contribution in [-0.2, 0) is 6.42 Å². The fourth-order valence-corrected chi connectivity index (χ4v) is 1.97. The molecule has 0 aliphatic heterocycles. The Balaban J connectivity index is 2.33. The summed E-state index contributed by atoms with van der Waals surface area (Å²) in [6, 6.07) is 6.09. The van der Waals surface area contributed by atoms with Gasteiger partial charge in [0.25, 0.3) is 0 Å². The van der Waals surface area contributed by atoms with Crippen molar-refractivity contribution < 1.29 is 5.11 Å². The van der Waals surface area contributed by atoms with Crippen LogP contribution in [0.1, 0.15) is 36.5 Å². The first-order valence-electron chi connectivity index (χ1n) is 6.47. The summed E-state index contributed by atoms with van der Waals surface area (Å²) >= 11 is 0. The summed E-state index contributed by atoms with van der Waals surface area (Å²) in [5.41, 5.74) is 4.29. The summed E-state index contributed by atoms with van der Waals surface area (Å²) in [6.45, 7) is 6.29. The zero-order valence-electron chi connectivity index (χ0n) is 11.3. The standard InChI is InChI=1S/C15H20N2O/c1-4-5-6-13-10-16-17(15(13)18)14-8-7-11(2)12(3)9-14/h7-10,18H,4-6H2,1-3H3. The molecule has 0 amide bonds. The van der Waals surface area contributed by atoms with Gasteiger partial charge in [-0.1, -0.05) is 19.4 Å². The zero-order chi connectivity index (χ0) is 13.1. The Morgan fingerprint density at radius 2 is 2.00 bits per heavy atom. The first kappa shape index (κ1) is 12.7. The van der Waals surface area contributed by atoms with E-state index in [0.29, 0.717) is 0 Å². The monoisotopic (exact) mass is 244 g/mol. The smallest absolute Gasteiger partial charge is 0.217 e. The maximum Gasteiger partial charge on any atom is 0.217 e. The summed E-state index contributed by atoms with van der Waals surface area (Å²) in [7, 11) is 0. The molecule has 0 saturated carbocycles. The van der Waals surface area contributed by atoms with Gasteiger partial charge < -0.3 is 5.11 Å². The van der Waals surface area contributed by atoms with Crippen molar-refractivity contribution in [2.75, 3.05) is 0 Å². The SMILES string of the molecule is CCCCc1cnn(-c2ccc(C)c(C)c2)c1O. The van der Waals surface area contributed by atoms with Crippen molar-refractivity contribution in [2.24, 2.45) is 0 Å². The van der Waals surface area contributed by atoms with Crippen LogP contribution in [0.15, 0.2) is 24.4 Å². The van der Waals surface area contributed by atoms with E-state index in [0.717, 1.165) is 30.5 Å². The molecule has 0 saturated heterocycles. The molecule has 0 unspecified atom stereocenters. The third-order valence-corrected chi connectivity index (χ3v) is 3.35. The lowest BCUT2D eigenvalue weighted by molar-refractivity contribution is 0.427. The molecule has 3 heteroatoms. The van der Waals surface area contributed by atoms with Crippen LogP contribution in [0.4, 0.5) is 0 Å². The Morgan fingerprint density at radius 1 is 1.22 bits per heavy atom. The van der Waals surface area contributed by atoms with E-state index in [2.05, 4.69) is 31.9 Å². The van der Waals surface area contributed by atoms with Gasteiger partial charge in [0.1, 0.15) is 0 Å². The third kappa shape index (κ3) is 2.40. The van der Waals surface area contributed by atoms with Gasteiger partial charge in [-0.05, 0) is 49.9 Å². The van der Waals surface area contributed by atoms with Crippen LogP contribution in [0, 0.1) is 13.8 Å². The number of benzene rings is 1. The molecule has 2 rings (SSSR count). The lowest BCUT2D eigenvalue weighted by Crippen LogP contribution is -1.97. The molecular formula is C15H20N2O. The highest BCUT2D eigenvalue weighted by Crippen LogP contribution is 2.23. The molecule has 0 spiro atoms. The van der Waals surface area contributed by atoms with E-state index >= 15 is 0 Å². The van der Waals surface area contributed by atoms with Crippen LogP contribution in [0.5, 0.6) is 5.88 Å². The predicted octanol–water partition coefficient (Wildman–Crippen LogP) is 3.54. The maximum atomic E-state index is 10.2. The molecule has 2 aromatic rings. The van der Waals surface area contributed by atoms with Crippen molar-refractivity contribution in [3.63, 3.8) is 0 Å². The second-order valence-corrected chi connectivity index (χ2v) is 4.78. The Morgan fingerprint density at radius 3 is 2.67 bits per heavy atom. The molecule has 18 heavy (non-hydrogen) atoms. The quantitative estimate of drug-likeness (QED) is 0.893. The van der Waals surface area contributed by atoms with Gasteiger partial charge in [0.15, 0.2) is 0 Å². The molecule has 0 aliphatic rings. The highest BCUT2D eigenvalue weighted by molar-refractivity contribution is 5.42. The zero-order valence-corrected chi connectivity index (χ0v) is 11.3. The molecular weight excluding hydrogens is 224 g/mol. The van der Waals surface area contributed by atoms with Gasteiger partial charge in [-0.15, -0.1) is 0 Å². The normalized spacial score (nSPS) is 10.8. The van der Waals surface area contributed by atoms with Crippen molar-refractivity contribution in [2.45, 2.75) is 40.0 Å². The maximum absolute atomic E-state index is 10.2. The van der Waals surface area contributed by atoms with Crippen molar-refractivity contribution in [1.82, 2.24) is 9.78 Å². The summed E-state index contributed by atoms with van der Waals surface area (Å²) in [4.78, 5) is 0. The molecule has 0 radical (unpaired) electrons. The van der Waals surface area contributed by atoms with E-state index < -0.39 is 0 Å². The number of hydrogen-bond donors (Lipinski definition) is 1. The van der Waals surface area contributed by atoms with Crippen molar-refractivity contribution in [1.29, 1.82) is 0 Å². The number of unbranched alkanes of at least 4 members (excludes halogenated alkanes) is 1. The van der Waals surface area contributed by atoms with E-state index in [1.165, 1.54) is 11.1 Å². The fourth-order valence-electron chi connectivity index (χ4n) is 1.97. The molecule has 0 bridgehead atoms. The van der Waals surface area contributed by atoms with Gasteiger partial charge in [-0.3, -0.25) is 0 Å². The first-order chi connectivity index (χ1) is 8.63. The Labute approximate surface area is 108 Å². The van der Waals surface area contributed by atoms with E-state index in [-0.39, 0.29) is 5.88 Å². The van der Waals surface area contributed by atoms with Crippen LogP contribution in [0.3, 0.4) is 0 Å². The van der Waals surface area contributed by atoms with Crippen molar-refractivity contribution in [3.05, 3.63) is 41.1 Å². The molecule has 1 aromatic heterocycles. The van der Waals surface area contributed by atoms with Crippen LogP contribution in [0.2, 0.25) is 0 Å². The minimum atomic E-state index is 0.270. The molecule has 1 heterocycles. The summed E-state index contributed by atoms with van der Waals surface area (Å²) < 4.78 is 1.61. The van der Waals surface area contributed by atoms with Crippen molar-refractivity contribution in [3.8, 4) is 11.6 Å². The number of aromatic nitrogens is 2. The summed E-state index contributed by atoms with van der Waals surface area (Å²) in [6.07, 6.45) is 4.84. The van der Waals surface area contributed by atoms with Gasteiger partial charge in [0.05, 0.1) is 11.9 Å². The van der Waals surface area contributed by atoms with Crippen LogP contribution >= 0.6 is 0 Å². The minimum absolute atomic E-state index is 0.270. The number of hydrogen-bond acceptors (Lipinski definition) is 2. The topological polar surface area (TPSA) is 38.0 Å². The molecule has 0 aliphatic carbocycles. The van der Waals surface area contributed by atoms with E-state index in [1.54, 1.807) is 10.9 Å². The average molecular weight is 244 g/mol. The minimum Gasteiger partial charge on any atom is -0.493 e. The lowest BCUT2D eigenvalue weighted by Gasteiger charge is -2.07. The molecule has 0 fully saturated rings. The van der Waals surface area contributed by atoms with Gasteiger partial charge in [0.2, 0.25) is 5.88 Å². The van der Waals surface area contributed by atoms with E-state index in [1.807, 2.05) is 12.1 Å². The second kappa shape index (κ2) is 5.25. The predicted molar refractivity (Wildman–Crippen MR) is 73.3 cm³/mol. The van der Waals surface area contributed by atoms with Crippen LogP contribution in [0.25, 0.3) is 5.69 Å². The summed E-state index contributed by atoms with van der Waals surface area (Å²) in [5.74, 6) is 0.270.